The number of hydrogen-bond donors (Lipinski definition) is 1. The summed E-state index contributed by atoms with van der Waals surface area (Å²) in [6.45, 7) is 0.408. The molecule has 1 aliphatic heterocycles. The molecule has 0 radical (unpaired) electrons. The molecule has 6 heteroatoms. The number of amides is 2. The number of carbonyl (C=O) groups excluding carboxylic acids is 2. The van der Waals surface area contributed by atoms with Crippen molar-refractivity contribution in [2.75, 3.05) is 19.5 Å². The third-order valence-corrected chi connectivity index (χ3v) is 5.48. The number of fused-ring (bicyclic) bond motifs is 1. The Morgan fingerprint density at radius 1 is 0.935 bits per heavy atom. The highest BCUT2D eigenvalue weighted by molar-refractivity contribution is 5.99. The van der Waals surface area contributed by atoms with Crippen LogP contribution in [0.1, 0.15) is 33.9 Å². The molecule has 0 saturated heterocycles. The number of carbonyl (C=O) groups is 2. The summed E-state index contributed by atoms with van der Waals surface area (Å²) in [4.78, 5) is 27.9. The predicted octanol–water partition coefficient (Wildman–Crippen LogP) is 5.07. The van der Waals surface area contributed by atoms with Crippen molar-refractivity contribution >= 4 is 17.5 Å². The Morgan fingerprint density at radius 3 is 2.39 bits per heavy atom. The minimum atomic E-state index is -0.384. The van der Waals surface area contributed by atoms with Gasteiger partial charge in [-0.3, -0.25) is 4.79 Å². The van der Waals surface area contributed by atoms with Crippen LogP contribution < -0.4 is 14.8 Å². The molecule has 1 atom stereocenters. The molecule has 158 valence electrons. The number of benzene rings is 3. The fourth-order valence-electron chi connectivity index (χ4n) is 3.88. The zero-order chi connectivity index (χ0) is 21.8. The number of Topliss-reactive ketones (excluding diaryl/α,β-unsaturated/α-hetero) is 1. The molecule has 0 saturated carbocycles. The van der Waals surface area contributed by atoms with Crippen molar-refractivity contribution in [1.29, 1.82) is 0 Å². The van der Waals surface area contributed by atoms with Gasteiger partial charge in [-0.15, -0.1) is 0 Å². The van der Waals surface area contributed by atoms with Crippen molar-refractivity contribution in [3.8, 4) is 11.5 Å². The zero-order valence-corrected chi connectivity index (χ0v) is 17.5. The van der Waals surface area contributed by atoms with Gasteiger partial charge < -0.3 is 19.7 Å². The fourth-order valence-corrected chi connectivity index (χ4v) is 3.88. The largest absolute Gasteiger partial charge is 0.493 e. The molecule has 1 aliphatic rings. The Labute approximate surface area is 181 Å². The molecule has 1 N–H and O–H groups in total. The maximum Gasteiger partial charge on any atom is 0.322 e. The average Bonchev–Trinajstić information content (AvgIpc) is 2.81. The standard InChI is InChI=1S/C25H24N2O4/c1-30-23-13-12-18(14-24(23)31-2)22(28)15-21-19-10-6-7-11-20(19)26-25(29)27(21)16-17-8-4-3-5-9-17/h3-14,21H,15-16H2,1-2H3,(H,26,29). The first-order valence-corrected chi connectivity index (χ1v) is 10.1. The normalized spacial score (nSPS) is 15.1. The number of rotatable bonds is 7. The molecule has 1 heterocycles. The lowest BCUT2D eigenvalue weighted by Gasteiger charge is -2.37. The highest BCUT2D eigenvalue weighted by atomic mass is 16.5. The SMILES string of the molecule is COc1ccc(C(=O)CC2c3ccccc3NC(=O)N2Cc2ccccc2)cc1OC. The third-order valence-electron chi connectivity index (χ3n) is 5.48. The van der Waals surface area contributed by atoms with Gasteiger partial charge in [-0.2, -0.15) is 0 Å². The number of para-hydroxylation sites is 1. The first-order chi connectivity index (χ1) is 15.1. The van der Waals surface area contributed by atoms with Gasteiger partial charge in [0.1, 0.15) is 0 Å². The number of anilines is 1. The molecule has 0 aromatic heterocycles. The van der Waals surface area contributed by atoms with Gasteiger partial charge in [-0.25, -0.2) is 4.79 Å². The van der Waals surface area contributed by atoms with E-state index in [0.29, 0.717) is 23.6 Å². The van der Waals surface area contributed by atoms with E-state index in [1.54, 1.807) is 30.2 Å². The number of nitrogens with one attached hydrogen (secondary N) is 1. The number of hydrogen-bond acceptors (Lipinski definition) is 4. The molecule has 1 unspecified atom stereocenters. The summed E-state index contributed by atoms with van der Waals surface area (Å²) in [5, 5.41) is 2.95. The number of nitrogens with zero attached hydrogens (tertiary/aromatic N) is 1. The fraction of sp³-hybridized carbons (Fsp3) is 0.200. The molecule has 31 heavy (non-hydrogen) atoms. The minimum Gasteiger partial charge on any atom is -0.493 e. The first-order valence-electron chi connectivity index (χ1n) is 10.1. The van der Waals surface area contributed by atoms with Crippen LogP contribution >= 0.6 is 0 Å². The molecule has 6 nitrogen and oxygen atoms in total. The van der Waals surface area contributed by atoms with Crippen molar-refractivity contribution in [2.45, 2.75) is 19.0 Å². The van der Waals surface area contributed by atoms with Crippen LogP contribution in [-0.4, -0.2) is 30.9 Å². The van der Waals surface area contributed by atoms with Crippen LogP contribution in [0.4, 0.5) is 10.5 Å². The molecule has 3 aromatic carbocycles. The summed E-state index contributed by atoms with van der Waals surface area (Å²) in [5.74, 6) is 0.983. The van der Waals surface area contributed by atoms with Crippen LogP contribution in [0, 0.1) is 0 Å². The maximum atomic E-state index is 13.2. The van der Waals surface area contributed by atoms with Crippen LogP contribution in [0.5, 0.6) is 11.5 Å². The van der Waals surface area contributed by atoms with Crippen molar-refractivity contribution in [1.82, 2.24) is 4.90 Å². The quantitative estimate of drug-likeness (QED) is 0.546. The van der Waals surface area contributed by atoms with Crippen LogP contribution in [0.25, 0.3) is 0 Å². The number of ether oxygens (including phenoxy) is 2. The van der Waals surface area contributed by atoms with Gasteiger partial charge >= 0.3 is 6.03 Å². The van der Waals surface area contributed by atoms with E-state index in [2.05, 4.69) is 5.32 Å². The monoisotopic (exact) mass is 416 g/mol. The first kappa shape index (κ1) is 20.5. The van der Waals surface area contributed by atoms with E-state index in [0.717, 1.165) is 16.8 Å². The van der Waals surface area contributed by atoms with Crippen LogP contribution in [-0.2, 0) is 6.54 Å². The summed E-state index contributed by atoms with van der Waals surface area (Å²) >= 11 is 0. The van der Waals surface area contributed by atoms with Crippen molar-refractivity contribution in [3.63, 3.8) is 0 Å². The van der Waals surface area contributed by atoms with E-state index in [4.69, 9.17) is 9.47 Å². The van der Waals surface area contributed by atoms with Crippen LogP contribution in [0.2, 0.25) is 0 Å². The molecular formula is C25H24N2O4. The van der Waals surface area contributed by atoms with E-state index in [1.165, 1.54) is 7.11 Å². The second kappa shape index (κ2) is 8.92. The summed E-state index contributed by atoms with van der Waals surface area (Å²) in [5.41, 5.74) is 3.18. The topological polar surface area (TPSA) is 67.9 Å². The van der Waals surface area contributed by atoms with Gasteiger partial charge in [0.25, 0.3) is 0 Å². The molecule has 4 rings (SSSR count). The third kappa shape index (κ3) is 4.23. The van der Waals surface area contributed by atoms with E-state index in [9.17, 15) is 9.59 Å². The minimum absolute atomic E-state index is 0.0754. The molecule has 0 spiro atoms. The van der Waals surface area contributed by atoms with Crippen LogP contribution in [0.3, 0.4) is 0 Å². The Morgan fingerprint density at radius 2 is 1.65 bits per heavy atom. The number of urea groups is 1. The van der Waals surface area contributed by atoms with Gasteiger partial charge in [0.15, 0.2) is 17.3 Å². The molecule has 3 aromatic rings. The lowest BCUT2D eigenvalue weighted by Crippen LogP contribution is -2.42. The second-order valence-electron chi connectivity index (χ2n) is 7.34. The van der Waals surface area contributed by atoms with E-state index < -0.39 is 0 Å². The van der Waals surface area contributed by atoms with Gasteiger partial charge in [0, 0.05) is 24.2 Å². The molecule has 0 fully saturated rings. The Bertz CT molecular complexity index is 1100. The second-order valence-corrected chi connectivity index (χ2v) is 7.34. The summed E-state index contributed by atoms with van der Waals surface area (Å²) < 4.78 is 10.6. The van der Waals surface area contributed by atoms with Crippen molar-refractivity contribution in [3.05, 3.63) is 89.5 Å². The lowest BCUT2D eigenvalue weighted by molar-refractivity contribution is 0.0932. The van der Waals surface area contributed by atoms with Gasteiger partial charge in [0.2, 0.25) is 0 Å². The number of ketones is 1. The summed E-state index contributed by atoms with van der Waals surface area (Å²) in [7, 11) is 3.09. The summed E-state index contributed by atoms with van der Waals surface area (Å²) in [6, 6.07) is 21.9. The number of methoxy groups -OCH3 is 2. The lowest BCUT2D eigenvalue weighted by atomic mass is 9.93. The Balaban J connectivity index is 1.67. The van der Waals surface area contributed by atoms with Crippen molar-refractivity contribution in [2.24, 2.45) is 0 Å². The van der Waals surface area contributed by atoms with Gasteiger partial charge in [-0.05, 0) is 35.4 Å². The Kier molecular flexibility index (Phi) is 5.89. The summed E-state index contributed by atoms with van der Waals surface area (Å²) in [6.07, 6.45) is 0.159. The Hall–Kier alpha value is -3.80. The highest BCUT2D eigenvalue weighted by Crippen LogP contribution is 2.37. The van der Waals surface area contributed by atoms with Gasteiger partial charge in [0.05, 0.1) is 20.3 Å². The van der Waals surface area contributed by atoms with Gasteiger partial charge in [-0.1, -0.05) is 48.5 Å². The smallest absolute Gasteiger partial charge is 0.322 e. The molecular weight excluding hydrogens is 392 g/mol. The van der Waals surface area contributed by atoms with E-state index in [1.807, 2.05) is 54.6 Å². The zero-order valence-electron chi connectivity index (χ0n) is 17.5. The maximum absolute atomic E-state index is 13.2. The predicted molar refractivity (Wildman–Crippen MR) is 119 cm³/mol. The van der Waals surface area contributed by atoms with Crippen molar-refractivity contribution < 1.29 is 19.1 Å². The average molecular weight is 416 g/mol. The molecule has 2 amide bonds. The highest BCUT2D eigenvalue weighted by Gasteiger charge is 2.34. The molecule has 0 aliphatic carbocycles. The van der Waals surface area contributed by atoms with E-state index in [-0.39, 0.29) is 24.3 Å². The van der Waals surface area contributed by atoms with E-state index >= 15 is 0 Å². The van der Waals surface area contributed by atoms with Crippen LogP contribution in [0.15, 0.2) is 72.8 Å². The molecule has 0 bridgehead atoms.